The Bertz CT molecular complexity index is 432. The first-order valence-corrected chi connectivity index (χ1v) is 5.51. The summed E-state index contributed by atoms with van der Waals surface area (Å²) in [6, 6.07) is 10.2. The van der Waals surface area contributed by atoms with E-state index in [0.29, 0.717) is 11.7 Å². The maximum absolute atomic E-state index is 12.1. The van der Waals surface area contributed by atoms with E-state index in [4.69, 9.17) is 0 Å². The van der Waals surface area contributed by atoms with Gasteiger partial charge in [0.1, 0.15) is 5.78 Å². The third-order valence-electron chi connectivity index (χ3n) is 4.06. The van der Waals surface area contributed by atoms with E-state index in [-0.39, 0.29) is 11.3 Å². The lowest BCUT2D eigenvalue weighted by molar-refractivity contribution is -0.141. The summed E-state index contributed by atoms with van der Waals surface area (Å²) in [4.78, 5) is 12.1. The van der Waals surface area contributed by atoms with Crippen molar-refractivity contribution in [3.63, 3.8) is 0 Å². The average molecular weight is 198 g/mol. The maximum Gasteiger partial charge on any atom is 0.147 e. The molecule has 1 saturated carbocycles. The van der Waals surface area contributed by atoms with Crippen LogP contribution < -0.4 is 0 Å². The summed E-state index contributed by atoms with van der Waals surface area (Å²) < 4.78 is 0. The Morgan fingerprint density at radius 2 is 2.00 bits per heavy atom. The minimum Gasteiger partial charge on any atom is -0.298 e. The summed E-state index contributed by atoms with van der Waals surface area (Å²) in [7, 11) is 0. The Morgan fingerprint density at radius 3 is 2.73 bits per heavy atom. The van der Waals surface area contributed by atoms with Crippen LogP contribution in [0.1, 0.15) is 18.9 Å². The number of hydrogen-bond donors (Lipinski definition) is 0. The predicted octanol–water partition coefficient (Wildman–Crippen LogP) is 2.72. The number of fused-ring (bicyclic) bond motifs is 1. The van der Waals surface area contributed by atoms with Crippen LogP contribution >= 0.6 is 0 Å². The molecule has 15 heavy (non-hydrogen) atoms. The van der Waals surface area contributed by atoms with Gasteiger partial charge in [-0.25, -0.2) is 0 Å². The van der Waals surface area contributed by atoms with Crippen molar-refractivity contribution >= 4 is 5.78 Å². The molecular weight excluding hydrogens is 184 g/mol. The monoisotopic (exact) mass is 198 g/mol. The van der Waals surface area contributed by atoms with Crippen LogP contribution in [-0.4, -0.2) is 5.78 Å². The number of ketones is 1. The van der Waals surface area contributed by atoms with E-state index in [1.54, 1.807) is 0 Å². The minimum absolute atomic E-state index is 0.251. The van der Waals surface area contributed by atoms with E-state index < -0.39 is 0 Å². The van der Waals surface area contributed by atoms with Crippen LogP contribution in [0.2, 0.25) is 0 Å². The lowest BCUT2D eigenvalue weighted by Crippen LogP contribution is -2.56. The van der Waals surface area contributed by atoms with Crippen molar-refractivity contribution in [1.29, 1.82) is 0 Å². The molecule has 0 heterocycles. The van der Waals surface area contributed by atoms with Gasteiger partial charge >= 0.3 is 0 Å². The Labute approximate surface area is 89.8 Å². The fourth-order valence-corrected chi connectivity index (χ4v) is 3.09. The van der Waals surface area contributed by atoms with Gasteiger partial charge in [-0.1, -0.05) is 42.5 Å². The lowest BCUT2D eigenvalue weighted by Gasteiger charge is -2.48. The Morgan fingerprint density at radius 1 is 1.27 bits per heavy atom. The zero-order chi connectivity index (χ0) is 10.5. The second-order valence-corrected chi connectivity index (χ2v) is 4.73. The molecule has 0 aliphatic heterocycles. The van der Waals surface area contributed by atoms with Crippen LogP contribution in [0.15, 0.2) is 42.5 Å². The molecule has 1 nitrogen and oxygen atoms in total. The number of allylic oxidation sites excluding steroid dienone is 2. The van der Waals surface area contributed by atoms with Crippen molar-refractivity contribution < 1.29 is 4.79 Å². The SMILES string of the molecule is C[C@@]1(c2ccccc2)C(=O)[C@H]2CC=C[C@H]21. The van der Waals surface area contributed by atoms with Crippen molar-refractivity contribution in [3.8, 4) is 0 Å². The van der Waals surface area contributed by atoms with Crippen LogP contribution in [0.3, 0.4) is 0 Å². The predicted molar refractivity (Wildman–Crippen MR) is 59.5 cm³/mol. The van der Waals surface area contributed by atoms with Crippen molar-refractivity contribution in [2.75, 3.05) is 0 Å². The first-order chi connectivity index (χ1) is 7.24. The highest BCUT2D eigenvalue weighted by molar-refractivity contribution is 6.00. The summed E-state index contributed by atoms with van der Waals surface area (Å²) >= 11 is 0. The van der Waals surface area contributed by atoms with Gasteiger partial charge in [0, 0.05) is 11.8 Å². The number of hydrogen-bond acceptors (Lipinski definition) is 1. The number of carbonyl (C=O) groups excluding carboxylic acids is 1. The fraction of sp³-hybridized carbons (Fsp3) is 0.357. The Hall–Kier alpha value is -1.37. The normalized spacial score (nSPS) is 37.5. The molecule has 1 aromatic carbocycles. The summed E-state index contributed by atoms with van der Waals surface area (Å²) in [5.41, 5.74) is 0.918. The minimum atomic E-state index is -0.251. The van der Waals surface area contributed by atoms with Crippen LogP contribution in [-0.2, 0) is 10.2 Å². The number of rotatable bonds is 1. The van der Waals surface area contributed by atoms with Gasteiger partial charge in [0.05, 0.1) is 5.41 Å². The first kappa shape index (κ1) is 8.90. The standard InChI is InChI=1S/C14H14O/c1-14(10-6-3-2-4-7-10)12-9-5-8-11(12)13(14)15/h2-7,9,11-12H,8H2,1H3/t11-,12+,14-/m0/s1. The van der Waals surface area contributed by atoms with Gasteiger partial charge in [-0.2, -0.15) is 0 Å². The molecule has 0 aromatic heterocycles. The highest BCUT2D eigenvalue weighted by Crippen LogP contribution is 2.54. The molecule has 2 aliphatic carbocycles. The van der Waals surface area contributed by atoms with Gasteiger partial charge in [0.15, 0.2) is 0 Å². The van der Waals surface area contributed by atoms with Crippen LogP contribution in [0.25, 0.3) is 0 Å². The second-order valence-electron chi connectivity index (χ2n) is 4.73. The number of benzene rings is 1. The van der Waals surface area contributed by atoms with E-state index in [9.17, 15) is 4.79 Å². The van der Waals surface area contributed by atoms with Gasteiger partial charge < -0.3 is 0 Å². The molecule has 1 aromatic rings. The molecule has 0 spiro atoms. The van der Waals surface area contributed by atoms with E-state index in [1.165, 1.54) is 5.56 Å². The lowest BCUT2D eigenvalue weighted by atomic mass is 9.52. The Balaban J connectivity index is 2.05. The van der Waals surface area contributed by atoms with Crippen molar-refractivity contribution in [3.05, 3.63) is 48.0 Å². The van der Waals surface area contributed by atoms with Crippen molar-refractivity contribution in [2.24, 2.45) is 11.8 Å². The first-order valence-electron chi connectivity index (χ1n) is 5.51. The number of Topliss-reactive ketones (excluding diaryl/α,β-unsaturated/α-hetero) is 1. The molecule has 0 unspecified atom stereocenters. The van der Waals surface area contributed by atoms with Crippen molar-refractivity contribution in [1.82, 2.24) is 0 Å². The second kappa shape index (κ2) is 2.82. The molecule has 1 heteroatoms. The molecule has 76 valence electrons. The molecular formula is C14H14O. The smallest absolute Gasteiger partial charge is 0.147 e. The molecule has 0 saturated heterocycles. The zero-order valence-corrected chi connectivity index (χ0v) is 8.81. The summed E-state index contributed by atoms with van der Waals surface area (Å²) in [5.74, 6) is 1.13. The largest absolute Gasteiger partial charge is 0.298 e. The van der Waals surface area contributed by atoms with E-state index in [0.717, 1.165) is 6.42 Å². The molecule has 0 bridgehead atoms. The highest BCUT2D eigenvalue weighted by atomic mass is 16.1. The van der Waals surface area contributed by atoms with E-state index in [2.05, 4.69) is 31.2 Å². The van der Waals surface area contributed by atoms with Crippen LogP contribution in [0.4, 0.5) is 0 Å². The van der Waals surface area contributed by atoms with Crippen LogP contribution in [0.5, 0.6) is 0 Å². The highest BCUT2D eigenvalue weighted by Gasteiger charge is 2.59. The molecule has 3 atom stereocenters. The summed E-state index contributed by atoms with van der Waals surface area (Å²) in [6.45, 7) is 2.08. The fourth-order valence-electron chi connectivity index (χ4n) is 3.09. The molecule has 0 amide bonds. The topological polar surface area (TPSA) is 17.1 Å². The summed E-state index contributed by atoms with van der Waals surface area (Å²) in [6.07, 6.45) is 5.33. The molecule has 0 radical (unpaired) electrons. The van der Waals surface area contributed by atoms with Crippen LogP contribution in [0, 0.1) is 11.8 Å². The quantitative estimate of drug-likeness (QED) is 0.634. The Kier molecular flexibility index (Phi) is 1.67. The van der Waals surface area contributed by atoms with Gasteiger partial charge in [0.2, 0.25) is 0 Å². The van der Waals surface area contributed by atoms with Gasteiger partial charge in [0.25, 0.3) is 0 Å². The van der Waals surface area contributed by atoms with Crippen molar-refractivity contribution in [2.45, 2.75) is 18.8 Å². The zero-order valence-electron chi connectivity index (χ0n) is 8.81. The average Bonchev–Trinajstić information content (AvgIpc) is 2.75. The molecule has 1 fully saturated rings. The third kappa shape index (κ3) is 0.956. The number of carbonyl (C=O) groups is 1. The van der Waals surface area contributed by atoms with Gasteiger partial charge in [-0.15, -0.1) is 0 Å². The molecule has 2 aliphatic rings. The molecule has 0 N–H and O–H groups in total. The maximum atomic E-state index is 12.1. The molecule has 3 rings (SSSR count). The van der Waals surface area contributed by atoms with E-state index in [1.807, 2.05) is 18.2 Å². The summed E-state index contributed by atoms with van der Waals surface area (Å²) in [5, 5.41) is 0. The van der Waals surface area contributed by atoms with E-state index >= 15 is 0 Å². The third-order valence-corrected chi connectivity index (χ3v) is 4.06. The van der Waals surface area contributed by atoms with Gasteiger partial charge in [-0.05, 0) is 18.9 Å². The van der Waals surface area contributed by atoms with Gasteiger partial charge in [-0.3, -0.25) is 4.79 Å².